The molecule has 0 aliphatic carbocycles. The predicted molar refractivity (Wildman–Crippen MR) is 352 cm³/mol. The number of fused-ring (bicyclic) bond motifs is 1. The fourth-order valence-corrected chi connectivity index (χ4v) is 7.88. The maximum atomic E-state index is 4.97. The number of rotatable bonds is 0. The van der Waals surface area contributed by atoms with Gasteiger partial charge < -0.3 is 8.83 Å². The quantitative estimate of drug-likeness (QED) is 0.137. The molecule has 0 spiro atoms. The highest BCUT2D eigenvalue weighted by atomic mass is 32.1. The SMILES string of the molecule is CC1=CN=C(C)C1.CC1=NN=C(C)C1.Cc1ccc2cc(C)ccc2c1.Cc1ccnc(C)n1.Cc1cnc(C)cn1.Cc1cnc(C)nc1.Cc1cnc(C)o1.Cc1cnc(C)s1.Cc1cncc(C)n1.Cc1nnc(C)o1.Cc1nnc(C)s1. The molecule has 456 valence electrons. The number of allylic oxidation sites excluding steroid dienone is 1. The van der Waals surface area contributed by atoms with Gasteiger partial charge in [-0.3, -0.25) is 24.9 Å². The lowest BCUT2D eigenvalue weighted by Crippen LogP contribution is -1.90. The van der Waals surface area contributed by atoms with Crippen molar-refractivity contribution >= 4 is 50.6 Å². The predicted octanol–water partition coefficient (Wildman–Crippen LogP) is 15.7. The Morgan fingerprint density at radius 2 is 0.907 bits per heavy atom. The third-order valence-corrected chi connectivity index (χ3v) is 12.0. The first-order valence-corrected chi connectivity index (χ1v) is 29.3. The monoisotopic (exact) mass is 1200 g/mol. The van der Waals surface area contributed by atoms with Crippen LogP contribution in [0.15, 0.2) is 134 Å². The zero-order valence-corrected chi connectivity index (χ0v) is 56.1. The van der Waals surface area contributed by atoms with Gasteiger partial charge in [0.05, 0.1) is 34.0 Å². The lowest BCUT2D eigenvalue weighted by atomic mass is 10.1. The van der Waals surface area contributed by atoms with Gasteiger partial charge in [0.1, 0.15) is 27.4 Å². The summed E-state index contributed by atoms with van der Waals surface area (Å²) in [6.07, 6.45) is 20.0. The minimum absolute atomic E-state index is 0.623. The lowest BCUT2D eigenvalue weighted by Gasteiger charge is -1.99. The summed E-state index contributed by atoms with van der Waals surface area (Å²) in [5.41, 5.74) is 13.5. The molecule has 10 heterocycles. The summed E-state index contributed by atoms with van der Waals surface area (Å²) in [6, 6.07) is 15.0. The largest absolute Gasteiger partial charge is 0.446 e. The highest BCUT2D eigenvalue weighted by molar-refractivity contribution is 7.11. The molecule has 21 heteroatoms. The Bertz CT molecular complexity index is 3160. The van der Waals surface area contributed by atoms with Crippen LogP contribution in [0.5, 0.6) is 0 Å². The lowest BCUT2D eigenvalue weighted by molar-refractivity contribution is 0.489. The Morgan fingerprint density at radius 3 is 1.15 bits per heavy atom. The van der Waals surface area contributed by atoms with Gasteiger partial charge in [-0.05, 0) is 160 Å². The van der Waals surface area contributed by atoms with Crippen molar-refractivity contribution in [2.45, 2.75) is 165 Å². The molecule has 19 nitrogen and oxygen atoms in total. The van der Waals surface area contributed by atoms with Gasteiger partial charge in [-0.15, -0.1) is 43.1 Å². The van der Waals surface area contributed by atoms with Gasteiger partial charge in [-0.1, -0.05) is 47.5 Å². The smallest absolute Gasteiger partial charge is 0.213 e. The first kappa shape index (κ1) is 73.4. The van der Waals surface area contributed by atoms with Gasteiger partial charge in [0, 0.05) is 117 Å². The molecule has 0 atom stereocenters. The topological polar surface area (TPSA) is 244 Å². The maximum absolute atomic E-state index is 4.97. The summed E-state index contributed by atoms with van der Waals surface area (Å²) in [5, 5.41) is 28.3. The number of hydrogen-bond acceptors (Lipinski definition) is 21. The molecule has 0 bridgehead atoms. The molecular weight excluding hydrogens is 1110 g/mol. The Labute approximate surface area is 517 Å². The maximum Gasteiger partial charge on any atom is 0.213 e. The van der Waals surface area contributed by atoms with Crippen molar-refractivity contribution in [2.24, 2.45) is 15.2 Å². The van der Waals surface area contributed by atoms with Crippen LogP contribution in [-0.2, 0) is 0 Å². The molecule has 2 aliphatic rings. The van der Waals surface area contributed by atoms with E-state index < -0.39 is 0 Å². The first-order valence-electron chi connectivity index (χ1n) is 27.7. The zero-order chi connectivity index (χ0) is 64.1. The van der Waals surface area contributed by atoms with E-state index in [0.29, 0.717) is 11.8 Å². The number of nitrogens with zero attached hydrogens (tertiary/aromatic N) is 17. The van der Waals surface area contributed by atoms with E-state index in [1.54, 1.807) is 73.7 Å². The van der Waals surface area contributed by atoms with Crippen LogP contribution in [0.4, 0.5) is 0 Å². The van der Waals surface area contributed by atoms with E-state index in [-0.39, 0.29) is 0 Å². The molecule has 0 radical (unpaired) electrons. The van der Waals surface area contributed by atoms with Crippen molar-refractivity contribution in [3.8, 4) is 0 Å². The number of hydrogen-bond donors (Lipinski definition) is 0. The van der Waals surface area contributed by atoms with Crippen LogP contribution in [0.1, 0.15) is 141 Å². The van der Waals surface area contributed by atoms with Gasteiger partial charge in [-0.2, -0.15) is 10.2 Å². The average molecular weight is 1200 g/mol. The van der Waals surface area contributed by atoms with Gasteiger partial charge in [-0.25, -0.2) is 29.9 Å². The van der Waals surface area contributed by atoms with Crippen LogP contribution in [0.25, 0.3) is 10.8 Å². The number of aliphatic imine (C=N–C) groups is 1. The van der Waals surface area contributed by atoms with E-state index in [1.807, 2.05) is 142 Å². The summed E-state index contributed by atoms with van der Waals surface area (Å²) in [7, 11) is 0. The van der Waals surface area contributed by atoms with Crippen LogP contribution in [0.2, 0.25) is 0 Å². The van der Waals surface area contributed by atoms with Gasteiger partial charge in [0.25, 0.3) is 0 Å². The van der Waals surface area contributed by atoms with Gasteiger partial charge in [0.2, 0.25) is 11.8 Å². The molecule has 2 aliphatic heterocycles. The Morgan fingerprint density at radius 1 is 0.372 bits per heavy atom. The molecule has 12 rings (SSSR count). The molecule has 0 unspecified atom stereocenters. The van der Waals surface area contributed by atoms with Crippen molar-refractivity contribution in [3.05, 3.63) is 210 Å². The van der Waals surface area contributed by atoms with Crippen LogP contribution in [-0.4, -0.2) is 87.4 Å². The minimum atomic E-state index is 0.623. The van der Waals surface area contributed by atoms with Crippen molar-refractivity contribution in [1.29, 1.82) is 0 Å². The highest BCUT2D eigenvalue weighted by Crippen LogP contribution is 2.17. The van der Waals surface area contributed by atoms with Crippen LogP contribution in [0, 0.1) is 125 Å². The van der Waals surface area contributed by atoms with E-state index >= 15 is 0 Å². The van der Waals surface area contributed by atoms with Crippen molar-refractivity contribution in [1.82, 2.24) is 70.2 Å². The van der Waals surface area contributed by atoms with Crippen LogP contribution >= 0.6 is 22.7 Å². The molecule has 0 saturated heterocycles. The first-order chi connectivity index (χ1) is 40.6. The molecule has 0 fully saturated rings. The summed E-state index contributed by atoms with van der Waals surface area (Å²) >= 11 is 3.35. The third kappa shape index (κ3) is 36.1. The number of aryl methyl sites for hydroxylation is 18. The fourth-order valence-electron chi connectivity index (χ4n) is 6.61. The summed E-state index contributed by atoms with van der Waals surface area (Å²) in [4.78, 5) is 45.2. The standard InChI is InChI=1S/C12H12.4C6H8N2.C6H9N.C5H8N2.C5H7NO.C5H7NS.C4H6N2O.C4H6N2S/c1-9-3-5-12-8-10(2)4-6-11(12)7-9;1-5-3-8-6(2)4-7-5;1-5-3-7-4-6(2)8-5;1-5-3-7-6(2)8-4-5;1-5-3-4-7-6(2)8-5;1-5-3-6(2)7-4-5;1-4-3-5(2)7-6-4;2*1-4-3-6-5(2)7-4;2*1-3-5-6-4(2)7-3/h3-8H,1-2H3;4*3-4H,1-2H3;4H,3H2,1-2H3;3H2,1-2H3;2*3H,1-2H3;2*1-2H3. The second kappa shape index (κ2) is 40.6. The van der Waals surface area contributed by atoms with Gasteiger partial charge >= 0.3 is 0 Å². The number of aromatic nitrogens is 14. The van der Waals surface area contributed by atoms with E-state index in [4.69, 9.17) is 8.83 Å². The second-order valence-corrected chi connectivity index (χ2v) is 22.9. The van der Waals surface area contributed by atoms with E-state index in [2.05, 4.69) is 150 Å². The molecule has 2 aromatic carbocycles. The summed E-state index contributed by atoms with van der Waals surface area (Å²) in [5.74, 6) is 4.52. The van der Waals surface area contributed by atoms with Gasteiger partial charge in [0.15, 0.2) is 5.89 Å². The molecule has 0 saturated carbocycles. The normalized spacial score (nSPS) is 11.1. The third-order valence-electron chi connectivity index (χ3n) is 10.4. The van der Waals surface area contributed by atoms with Crippen LogP contribution in [0.3, 0.4) is 0 Å². The van der Waals surface area contributed by atoms with Crippen molar-refractivity contribution in [3.63, 3.8) is 0 Å². The molecule has 10 aromatic rings. The van der Waals surface area contributed by atoms with Crippen molar-refractivity contribution < 1.29 is 8.83 Å². The Balaban J connectivity index is 0.000000324. The van der Waals surface area contributed by atoms with E-state index in [1.165, 1.54) is 38.1 Å². The number of benzene rings is 2. The number of oxazole rings is 1. The molecule has 86 heavy (non-hydrogen) atoms. The highest BCUT2D eigenvalue weighted by Gasteiger charge is 2.01. The molecule has 0 amide bonds. The van der Waals surface area contributed by atoms with Crippen molar-refractivity contribution in [2.75, 3.05) is 0 Å². The number of thiazole rings is 1. The van der Waals surface area contributed by atoms with Crippen LogP contribution < -0.4 is 0 Å². The molecule has 8 aromatic heterocycles. The second-order valence-electron chi connectivity index (χ2n) is 20.0. The van der Waals surface area contributed by atoms with E-state index in [0.717, 1.165) is 96.6 Å². The minimum Gasteiger partial charge on any atom is -0.446 e. The molecular formula is C65H87N17O2S2. The fraction of sp³-hybridized carbons (Fsp3) is 0.369. The zero-order valence-electron chi connectivity index (χ0n) is 54.5. The Kier molecular flexibility index (Phi) is 34.6. The summed E-state index contributed by atoms with van der Waals surface area (Å²) in [6.45, 7) is 43.0. The average Bonchev–Trinajstić information content (AvgIpc) is 4.45. The molecule has 0 N–H and O–H groups in total. The van der Waals surface area contributed by atoms with E-state index in [9.17, 15) is 0 Å². The Hall–Kier alpha value is -8.69. The summed E-state index contributed by atoms with van der Waals surface area (Å²) < 4.78 is 9.83.